The number of nitrogens with zero attached hydrogens (tertiary/aromatic N) is 4. The van der Waals surface area contributed by atoms with Gasteiger partial charge in [0.2, 0.25) is 0 Å². The van der Waals surface area contributed by atoms with E-state index in [1.807, 2.05) is 5.38 Å². The van der Waals surface area contributed by atoms with Crippen LogP contribution in [0.3, 0.4) is 0 Å². The summed E-state index contributed by atoms with van der Waals surface area (Å²) in [4.78, 5) is 41.4. The lowest BCUT2D eigenvalue weighted by Gasteiger charge is -2.30. The second-order valence-electron chi connectivity index (χ2n) is 9.51. The molecule has 0 spiro atoms. The summed E-state index contributed by atoms with van der Waals surface area (Å²) in [5, 5.41) is 11.9. The molecule has 0 atom stereocenters. The summed E-state index contributed by atoms with van der Waals surface area (Å²) in [5.74, 6) is -0.360. The van der Waals surface area contributed by atoms with Crippen LogP contribution in [0.2, 0.25) is 5.02 Å². The molecule has 2 aromatic carbocycles. The highest BCUT2D eigenvalue weighted by Crippen LogP contribution is 2.27. The molecule has 0 bridgehead atoms. The maximum Gasteiger partial charge on any atom is 0.261 e. The zero-order valence-corrected chi connectivity index (χ0v) is 24.5. The number of benzene rings is 2. The van der Waals surface area contributed by atoms with Crippen molar-refractivity contribution in [2.75, 3.05) is 13.6 Å². The van der Waals surface area contributed by atoms with E-state index >= 15 is 0 Å². The van der Waals surface area contributed by atoms with Gasteiger partial charge in [0.15, 0.2) is 0 Å². The molecule has 0 aliphatic carbocycles. The van der Waals surface area contributed by atoms with Gasteiger partial charge in [0.25, 0.3) is 17.4 Å². The summed E-state index contributed by atoms with van der Waals surface area (Å²) in [5.41, 5.74) is 5.43. The molecule has 0 radical (unpaired) electrons. The summed E-state index contributed by atoms with van der Waals surface area (Å²) >= 11 is 11.2. The largest absolute Gasteiger partial charge is 0.355 e. The molecule has 0 saturated carbocycles. The lowest BCUT2D eigenvalue weighted by molar-refractivity contribution is 0.0729. The first-order chi connectivity index (χ1) is 19.4. The number of fused-ring (bicyclic) bond motifs is 3. The van der Waals surface area contributed by atoms with Gasteiger partial charge in [-0.05, 0) is 87.2 Å². The van der Waals surface area contributed by atoms with Crippen LogP contribution in [0, 0.1) is 0 Å². The topological polar surface area (TPSA) is 88.7 Å². The number of aromatic nitrogens is 3. The first kappa shape index (κ1) is 26.5. The minimum atomic E-state index is -0.200. The van der Waals surface area contributed by atoms with Crippen molar-refractivity contribution < 1.29 is 9.59 Å². The van der Waals surface area contributed by atoms with Crippen LogP contribution in [0.5, 0.6) is 0 Å². The highest BCUT2D eigenvalue weighted by Gasteiger charge is 2.29. The second kappa shape index (κ2) is 10.7. The van der Waals surface area contributed by atoms with Gasteiger partial charge in [-0.1, -0.05) is 11.6 Å². The maximum atomic E-state index is 14.1. The predicted octanol–water partition coefficient (Wildman–Crippen LogP) is 5.11. The van der Waals surface area contributed by atoms with Crippen molar-refractivity contribution in [3.05, 3.63) is 119 Å². The predicted molar refractivity (Wildman–Crippen MR) is 159 cm³/mol. The van der Waals surface area contributed by atoms with E-state index < -0.39 is 0 Å². The molecule has 3 aromatic heterocycles. The van der Waals surface area contributed by atoms with Crippen molar-refractivity contribution in [2.45, 2.75) is 19.4 Å². The third-order valence-electron chi connectivity index (χ3n) is 7.11. The highest BCUT2D eigenvalue weighted by atomic mass is 79.9. The number of carbonyl (C=O) groups is 2. The molecule has 1 aliphatic heterocycles. The molecule has 1 N–H and O–H groups in total. The van der Waals surface area contributed by atoms with E-state index in [0.29, 0.717) is 58.1 Å². The number of thiophene rings is 1. The SMILES string of the molecule is CNC(=O)c1ccc(-n2c(=O)c3c(n4ncc(Cc5ccsc5)c24)CN(C(=O)c2ccc(Br)c(Cl)c2)CC3)cc1. The molecule has 2 amide bonds. The number of hydrogen-bond acceptors (Lipinski definition) is 5. The Kier molecular flexibility index (Phi) is 7.07. The monoisotopic (exact) mass is 635 g/mol. The summed E-state index contributed by atoms with van der Waals surface area (Å²) in [6.07, 6.45) is 2.77. The van der Waals surface area contributed by atoms with Gasteiger partial charge < -0.3 is 10.2 Å². The molecule has 4 heterocycles. The molecule has 5 aromatic rings. The zero-order valence-electron chi connectivity index (χ0n) is 21.4. The van der Waals surface area contributed by atoms with Crippen LogP contribution < -0.4 is 10.9 Å². The number of nitrogens with one attached hydrogen (secondary N) is 1. The van der Waals surface area contributed by atoms with Crippen molar-refractivity contribution in [3.63, 3.8) is 0 Å². The van der Waals surface area contributed by atoms with E-state index in [1.54, 1.807) is 81.0 Å². The van der Waals surface area contributed by atoms with E-state index in [4.69, 9.17) is 16.7 Å². The zero-order chi connectivity index (χ0) is 28.0. The molecule has 8 nitrogen and oxygen atoms in total. The lowest BCUT2D eigenvalue weighted by Crippen LogP contribution is -2.41. The molecular formula is C29H23BrClN5O3S. The van der Waals surface area contributed by atoms with Crippen LogP contribution in [-0.2, 0) is 19.4 Å². The van der Waals surface area contributed by atoms with Gasteiger partial charge in [0, 0.05) is 46.7 Å². The molecule has 0 fully saturated rings. The third kappa shape index (κ3) is 4.66. The molecule has 11 heteroatoms. The maximum absolute atomic E-state index is 14.1. The quantitative estimate of drug-likeness (QED) is 0.291. The second-order valence-corrected chi connectivity index (χ2v) is 11.6. The van der Waals surface area contributed by atoms with Crippen molar-refractivity contribution in [1.29, 1.82) is 0 Å². The lowest BCUT2D eigenvalue weighted by atomic mass is 10.0. The number of hydrogen-bond donors (Lipinski definition) is 1. The smallest absolute Gasteiger partial charge is 0.261 e. The van der Waals surface area contributed by atoms with Crippen molar-refractivity contribution in [3.8, 4) is 5.69 Å². The Balaban J connectivity index is 1.48. The molecular weight excluding hydrogens is 614 g/mol. The van der Waals surface area contributed by atoms with Gasteiger partial charge in [0.1, 0.15) is 5.65 Å². The van der Waals surface area contributed by atoms with Crippen molar-refractivity contribution in [2.24, 2.45) is 0 Å². The van der Waals surface area contributed by atoms with E-state index in [1.165, 1.54) is 0 Å². The van der Waals surface area contributed by atoms with Crippen molar-refractivity contribution in [1.82, 2.24) is 24.4 Å². The average Bonchev–Trinajstić information content (AvgIpc) is 3.65. The number of carbonyl (C=O) groups excluding carboxylic acids is 2. The van der Waals surface area contributed by atoms with Crippen LogP contribution in [-0.4, -0.2) is 44.5 Å². The third-order valence-corrected chi connectivity index (χ3v) is 9.07. The number of rotatable bonds is 5. The van der Waals surface area contributed by atoms with E-state index in [2.05, 4.69) is 32.7 Å². The van der Waals surface area contributed by atoms with Gasteiger partial charge >= 0.3 is 0 Å². The van der Waals surface area contributed by atoms with Gasteiger partial charge in [-0.2, -0.15) is 16.4 Å². The minimum absolute atomic E-state index is 0.152. The molecule has 1 aliphatic rings. The summed E-state index contributed by atoms with van der Waals surface area (Å²) in [6, 6.07) is 14.1. The van der Waals surface area contributed by atoms with Crippen LogP contribution in [0.4, 0.5) is 0 Å². The van der Waals surface area contributed by atoms with E-state index in [-0.39, 0.29) is 23.9 Å². The summed E-state index contributed by atoms with van der Waals surface area (Å²) in [7, 11) is 1.58. The first-order valence-electron chi connectivity index (χ1n) is 12.6. The van der Waals surface area contributed by atoms with Crippen LogP contribution in [0.15, 0.2) is 74.8 Å². The van der Waals surface area contributed by atoms with E-state index in [9.17, 15) is 14.4 Å². The van der Waals surface area contributed by atoms with E-state index in [0.717, 1.165) is 15.6 Å². The van der Waals surface area contributed by atoms with Crippen LogP contribution in [0.1, 0.15) is 43.1 Å². The molecule has 0 saturated heterocycles. The summed E-state index contributed by atoms with van der Waals surface area (Å²) < 4.78 is 4.18. The Labute approximate surface area is 246 Å². The normalized spacial score (nSPS) is 12.9. The standard InChI is InChI=1S/C29H23BrClN5O3S/c1-32-26(37)18-2-5-21(6-3-18)35-27-20(12-17-9-11-40-16-17)14-33-36(27)25-15-34(10-8-22(25)29(35)39)28(38)19-4-7-23(30)24(31)13-19/h2-7,9,11,13-14,16H,8,10,12,15H2,1H3,(H,32,37). The van der Waals surface area contributed by atoms with Gasteiger partial charge in [-0.25, -0.2) is 4.52 Å². The number of amides is 2. The molecule has 0 unspecified atom stereocenters. The van der Waals surface area contributed by atoms with Gasteiger partial charge in [0.05, 0.1) is 29.1 Å². The Hall–Kier alpha value is -3.73. The molecule has 40 heavy (non-hydrogen) atoms. The Morgan fingerprint density at radius 2 is 1.90 bits per heavy atom. The Morgan fingerprint density at radius 3 is 2.60 bits per heavy atom. The Bertz CT molecular complexity index is 1830. The fourth-order valence-corrected chi connectivity index (χ4v) is 6.18. The fraction of sp³-hybridized carbons (Fsp3) is 0.172. The van der Waals surface area contributed by atoms with Gasteiger partial charge in [-0.3, -0.25) is 19.0 Å². The first-order valence-corrected chi connectivity index (χ1v) is 14.7. The summed E-state index contributed by atoms with van der Waals surface area (Å²) in [6.45, 7) is 0.627. The fourth-order valence-electron chi connectivity index (χ4n) is 5.08. The van der Waals surface area contributed by atoms with Crippen LogP contribution in [0.25, 0.3) is 11.3 Å². The van der Waals surface area contributed by atoms with Crippen LogP contribution >= 0.6 is 38.9 Å². The molecule has 202 valence electrons. The Morgan fingerprint density at radius 1 is 1.12 bits per heavy atom. The highest BCUT2D eigenvalue weighted by molar-refractivity contribution is 9.10. The average molecular weight is 637 g/mol. The minimum Gasteiger partial charge on any atom is -0.355 e. The van der Waals surface area contributed by atoms with Crippen molar-refractivity contribution >= 4 is 56.3 Å². The molecule has 6 rings (SSSR count). The van der Waals surface area contributed by atoms with Gasteiger partial charge in [-0.15, -0.1) is 0 Å². The number of halogens is 2.